The maximum absolute atomic E-state index is 12.1. The van der Waals surface area contributed by atoms with E-state index >= 15 is 0 Å². The monoisotopic (exact) mass is 342 g/mol. The molecule has 0 saturated carbocycles. The Balaban J connectivity index is 1.59. The number of hydrogen-bond donors (Lipinski definition) is 1. The second-order valence-corrected chi connectivity index (χ2v) is 5.60. The fraction of sp³-hybridized carbons (Fsp3) is 0.176. The number of rotatable bonds is 5. The van der Waals surface area contributed by atoms with Crippen molar-refractivity contribution in [3.63, 3.8) is 0 Å². The number of benzene rings is 1. The van der Waals surface area contributed by atoms with Crippen molar-refractivity contribution in [1.29, 1.82) is 0 Å². The quantitative estimate of drug-likeness (QED) is 0.765. The first-order valence-electron chi connectivity index (χ1n) is 7.41. The number of carbonyl (C=O) groups excluding carboxylic acids is 1. The van der Waals surface area contributed by atoms with Crippen LogP contribution < -0.4 is 5.32 Å². The highest BCUT2D eigenvalue weighted by Gasteiger charge is 2.11. The van der Waals surface area contributed by atoms with Crippen LogP contribution in [0.2, 0.25) is 5.02 Å². The van der Waals surface area contributed by atoms with Gasteiger partial charge in [-0.3, -0.25) is 9.78 Å². The second-order valence-electron chi connectivity index (χ2n) is 5.20. The van der Waals surface area contributed by atoms with Crippen LogP contribution in [0.1, 0.15) is 17.9 Å². The predicted molar refractivity (Wildman–Crippen MR) is 90.7 cm³/mol. The largest absolute Gasteiger partial charge is 0.421 e. The molecule has 0 fully saturated rings. The van der Waals surface area contributed by atoms with E-state index in [-0.39, 0.29) is 12.3 Å². The van der Waals surface area contributed by atoms with E-state index in [1.165, 1.54) is 0 Å². The molecule has 24 heavy (non-hydrogen) atoms. The van der Waals surface area contributed by atoms with Crippen LogP contribution in [-0.2, 0) is 11.2 Å². The fourth-order valence-corrected chi connectivity index (χ4v) is 2.32. The number of aryl methyl sites for hydroxylation is 1. The molecule has 2 aromatic heterocycles. The molecule has 2 heterocycles. The molecule has 1 aromatic carbocycles. The Morgan fingerprint density at radius 1 is 1.21 bits per heavy atom. The van der Waals surface area contributed by atoms with Crippen molar-refractivity contribution in [2.45, 2.75) is 19.8 Å². The molecule has 0 spiro atoms. The lowest BCUT2D eigenvalue weighted by molar-refractivity contribution is -0.116. The molecule has 0 radical (unpaired) electrons. The summed E-state index contributed by atoms with van der Waals surface area (Å²) in [5.41, 5.74) is 2.34. The van der Waals surface area contributed by atoms with Gasteiger partial charge in [-0.05, 0) is 36.8 Å². The van der Waals surface area contributed by atoms with Gasteiger partial charge in [-0.1, -0.05) is 17.7 Å². The Morgan fingerprint density at radius 3 is 2.79 bits per heavy atom. The summed E-state index contributed by atoms with van der Waals surface area (Å²) in [7, 11) is 0. The van der Waals surface area contributed by atoms with Gasteiger partial charge in [-0.15, -0.1) is 10.2 Å². The van der Waals surface area contributed by atoms with E-state index in [1.807, 2.05) is 13.0 Å². The number of pyridine rings is 1. The maximum atomic E-state index is 12.1. The van der Waals surface area contributed by atoms with Crippen molar-refractivity contribution in [2.75, 3.05) is 5.32 Å². The summed E-state index contributed by atoms with van der Waals surface area (Å²) in [5, 5.41) is 11.4. The number of anilines is 1. The van der Waals surface area contributed by atoms with Gasteiger partial charge in [-0.25, -0.2) is 0 Å². The normalized spacial score (nSPS) is 10.6. The van der Waals surface area contributed by atoms with E-state index in [9.17, 15) is 4.79 Å². The molecule has 0 saturated heterocycles. The Labute approximate surface area is 143 Å². The lowest BCUT2D eigenvalue weighted by atomic mass is 10.2. The molecule has 122 valence electrons. The number of hydrogen-bond acceptors (Lipinski definition) is 5. The van der Waals surface area contributed by atoms with Crippen molar-refractivity contribution in [3.8, 4) is 11.5 Å². The van der Waals surface area contributed by atoms with E-state index in [2.05, 4.69) is 20.5 Å². The van der Waals surface area contributed by atoms with Gasteiger partial charge in [0.25, 0.3) is 0 Å². The topological polar surface area (TPSA) is 80.9 Å². The smallest absolute Gasteiger partial charge is 0.247 e. The minimum absolute atomic E-state index is 0.135. The summed E-state index contributed by atoms with van der Waals surface area (Å²) < 4.78 is 5.56. The summed E-state index contributed by atoms with van der Waals surface area (Å²) in [5.74, 6) is 0.697. The summed E-state index contributed by atoms with van der Waals surface area (Å²) in [6.07, 6.45) is 3.91. The number of amides is 1. The zero-order valence-corrected chi connectivity index (χ0v) is 13.7. The third-order valence-electron chi connectivity index (χ3n) is 3.50. The predicted octanol–water partition coefficient (Wildman–Crippen LogP) is 3.66. The van der Waals surface area contributed by atoms with E-state index < -0.39 is 0 Å². The molecule has 0 bridgehead atoms. The molecule has 3 aromatic rings. The first kappa shape index (κ1) is 16.1. The molecule has 1 N–H and O–H groups in total. The molecular formula is C17H15ClN4O2. The SMILES string of the molecule is Cc1c(Cl)cccc1NC(=O)CCc1nnc(-c2ccncc2)o1. The summed E-state index contributed by atoms with van der Waals surface area (Å²) in [6.45, 7) is 1.86. The highest BCUT2D eigenvalue weighted by Crippen LogP contribution is 2.23. The lowest BCUT2D eigenvalue weighted by Gasteiger charge is -2.08. The number of nitrogens with one attached hydrogen (secondary N) is 1. The van der Waals surface area contributed by atoms with Crippen LogP contribution in [-0.4, -0.2) is 21.1 Å². The van der Waals surface area contributed by atoms with Crippen LogP contribution in [0.4, 0.5) is 5.69 Å². The van der Waals surface area contributed by atoms with E-state index in [4.69, 9.17) is 16.0 Å². The van der Waals surface area contributed by atoms with E-state index in [0.717, 1.165) is 11.1 Å². The summed E-state index contributed by atoms with van der Waals surface area (Å²) in [4.78, 5) is 16.0. The molecular weight excluding hydrogens is 328 g/mol. The molecule has 0 aliphatic carbocycles. The molecule has 0 atom stereocenters. The first-order valence-corrected chi connectivity index (χ1v) is 7.79. The first-order chi connectivity index (χ1) is 11.6. The van der Waals surface area contributed by atoms with Crippen LogP contribution in [0.5, 0.6) is 0 Å². The Morgan fingerprint density at radius 2 is 2.00 bits per heavy atom. The Kier molecular flexibility index (Phi) is 4.86. The van der Waals surface area contributed by atoms with Gasteiger partial charge in [0.1, 0.15) is 0 Å². The van der Waals surface area contributed by atoms with Crippen molar-refractivity contribution < 1.29 is 9.21 Å². The lowest BCUT2D eigenvalue weighted by Crippen LogP contribution is -2.13. The number of aromatic nitrogens is 3. The Bertz CT molecular complexity index is 849. The molecule has 7 heteroatoms. The maximum Gasteiger partial charge on any atom is 0.247 e. The fourth-order valence-electron chi connectivity index (χ4n) is 2.14. The average Bonchev–Trinajstić information content (AvgIpc) is 3.07. The standard InChI is InChI=1S/C17H15ClN4O2/c1-11-13(18)3-2-4-14(11)20-15(23)5-6-16-21-22-17(24-16)12-7-9-19-10-8-12/h2-4,7-10H,5-6H2,1H3,(H,20,23). The van der Waals surface area contributed by atoms with E-state index in [0.29, 0.717) is 28.9 Å². The second kappa shape index (κ2) is 7.23. The van der Waals surface area contributed by atoms with Gasteiger partial charge < -0.3 is 9.73 Å². The van der Waals surface area contributed by atoms with Crippen LogP contribution in [0.3, 0.4) is 0 Å². The number of carbonyl (C=O) groups is 1. The number of halogens is 1. The van der Waals surface area contributed by atoms with Gasteiger partial charge >= 0.3 is 0 Å². The number of nitrogens with zero attached hydrogens (tertiary/aromatic N) is 3. The third kappa shape index (κ3) is 3.78. The molecule has 6 nitrogen and oxygen atoms in total. The van der Waals surface area contributed by atoms with Gasteiger partial charge in [0.15, 0.2) is 0 Å². The van der Waals surface area contributed by atoms with Gasteiger partial charge in [0.05, 0.1) is 0 Å². The van der Waals surface area contributed by atoms with Crippen LogP contribution >= 0.6 is 11.6 Å². The Hall–Kier alpha value is -2.73. The van der Waals surface area contributed by atoms with Crippen LogP contribution in [0.25, 0.3) is 11.5 Å². The highest BCUT2D eigenvalue weighted by atomic mass is 35.5. The third-order valence-corrected chi connectivity index (χ3v) is 3.91. The van der Waals surface area contributed by atoms with Gasteiger partial charge in [0, 0.05) is 41.5 Å². The van der Waals surface area contributed by atoms with Crippen molar-refractivity contribution in [3.05, 3.63) is 59.2 Å². The molecule has 1 amide bonds. The van der Waals surface area contributed by atoms with Crippen molar-refractivity contribution in [1.82, 2.24) is 15.2 Å². The van der Waals surface area contributed by atoms with Gasteiger partial charge in [-0.2, -0.15) is 0 Å². The van der Waals surface area contributed by atoms with Crippen LogP contribution in [0.15, 0.2) is 47.1 Å². The zero-order valence-electron chi connectivity index (χ0n) is 13.0. The van der Waals surface area contributed by atoms with Crippen LogP contribution in [0, 0.1) is 6.92 Å². The van der Waals surface area contributed by atoms with Gasteiger partial charge in [0.2, 0.25) is 17.7 Å². The molecule has 0 aliphatic heterocycles. The summed E-state index contributed by atoms with van der Waals surface area (Å²) in [6, 6.07) is 8.96. The zero-order chi connectivity index (χ0) is 16.9. The molecule has 3 rings (SSSR count). The minimum Gasteiger partial charge on any atom is -0.421 e. The average molecular weight is 343 g/mol. The van der Waals surface area contributed by atoms with E-state index in [1.54, 1.807) is 36.7 Å². The van der Waals surface area contributed by atoms with Crippen molar-refractivity contribution in [2.24, 2.45) is 0 Å². The summed E-state index contributed by atoms with van der Waals surface area (Å²) >= 11 is 6.04. The van der Waals surface area contributed by atoms with Crippen molar-refractivity contribution >= 4 is 23.2 Å². The highest BCUT2D eigenvalue weighted by molar-refractivity contribution is 6.31. The minimum atomic E-state index is -0.135. The molecule has 0 unspecified atom stereocenters. The molecule has 0 aliphatic rings.